The maximum Gasteiger partial charge on any atom is 0.333 e. The second-order valence-corrected chi connectivity index (χ2v) is 32.1. The number of allylic oxidation sites excluding steroid dienone is 2. The highest BCUT2D eigenvalue weighted by Crippen LogP contribution is 2.44. The summed E-state index contributed by atoms with van der Waals surface area (Å²) in [5.74, 6) is -3.15. The van der Waals surface area contributed by atoms with Crippen LogP contribution in [-0.4, -0.2) is 120 Å². The molecule has 75 heavy (non-hydrogen) atoms. The quantitative estimate of drug-likeness (QED) is 0.0465. The van der Waals surface area contributed by atoms with Gasteiger partial charge >= 0.3 is 17.9 Å². The molecule has 0 aromatic heterocycles. The molecular weight excluding hydrogens is 989 g/mol. The van der Waals surface area contributed by atoms with Gasteiger partial charge in [0.2, 0.25) is 0 Å². The Morgan fingerprint density at radius 1 is 0.787 bits per heavy atom. The Balaban J connectivity index is 1.53. The normalized spacial score (nSPS) is 30.3. The average molecular weight is 1080 g/mol. The molecule has 414 valence electrons. The molecule has 14 nitrogen and oxygen atoms in total. The Bertz CT molecular complexity index is 2310. The van der Waals surface area contributed by atoms with Crippen LogP contribution in [0.1, 0.15) is 132 Å². The lowest BCUT2D eigenvalue weighted by Crippen LogP contribution is -2.67. The zero-order chi connectivity index (χ0) is 54.7. The van der Waals surface area contributed by atoms with Crippen molar-refractivity contribution < 1.29 is 66.2 Å². The number of cyclic esters (lactones) is 1. The molecule has 2 aromatic rings. The molecule has 16 heteroatoms. The predicted molar refractivity (Wildman–Crippen MR) is 293 cm³/mol. The van der Waals surface area contributed by atoms with E-state index in [9.17, 15) is 14.4 Å². The third-order valence-electron chi connectivity index (χ3n) is 15.3. The number of hydrogen-bond acceptors (Lipinski definition) is 14. The van der Waals surface area contributed by atoms with E-state index < -0.39 is 113 Å². The van der Waals surface area contributed by atoms with Crippen LogP contribution in [0.4, 0.5) is 0 Å². The van der Waals surface area contributed by atoms with E-state index in [0.717, 1.165) is 41.6 Å². The summed E-state index contributed by atoms with van der Waals surface area (Å²) in [5, 5.41) is 1.51. The number of carbonyl (C=O) groups excluding carboxylic acids is 4. The number of carbonyl (C=O) groups is 4. The van der Waals surface area contributed by atoms with Crippen molar-refractivity contribution >= 4 is 50.5 Å². The van der Waals surface area contributed by atoms with Gasteiger partial charge in [-0.1, -0.05) is 144 Å². The summed E-state index contributed by atoms with van der Waals surface area (Å²) in [5.41, 5.74) is 1.15. The molecule has 0 unspecified atom stereocenters. The number of ether oxygens (including phenoxy) is 9. The number of unbranched alkanes of at least 4 members (excludes halogenated alkanes) is 2. The largest absolute Gasteiger partial charge is 0.463 e. The van der Waals surface area contributed by atoms with Crippen LogP contribution in [0.15, 0.2) is 90.5 Å². The van der Waals surface area contributed by atoms with Crippen LogP contribution in [0.3, 0.4) is 0 Å². The number of esters is 3. The SMILES string of the molecule is C/C=C(\C)C(=O)O[C@@H]1[C@@H](O[Si](C)(C)C(C)(C)C)[C@@H]2O[C@H]3[C@H](O[C@@H](CCCCC)C/C=C/CCCC(=O)CCC(=O)OC[C@@H](O2)[C@H]1OC(=O)/C=C(/c1ccccc1)[Si](C)(C)c1ccccc1)O[C@H](C)[C@@H]1OC(C)(C)O[C@@H]13. The third-order valence-corrected chi connectivity index (χ3v) is 23.3. The highest BCUT2D eigenvalue weighted by Gasteiger charge is 2.60. The topological polar surface area (TPSA) is 161 Å². The van der Waals surface area contributed by atoms with Crippen molar-refractivity contribution in [2.24, 2.45) is 0 Å². The minimum absolute atomic E-state index is 0.00648. The van der Waals surface area contributed by atoms with E-state index in [1.807, 2.05) is 69.3 Å². The summed E-state index contributed by atoms with van der Waals surface area (Å²) in [7, 11) is -5.52. The summed E-state index contributed by atoms with van der Waals surface area (Å²) >= 11 is 0. The van der Waals surface area contributed by atoms with Crippen LogP contribution in [0.5, 0.6) is 0 Å². The molecule has 0 spiro atoms. The van der Waals surface area contributed by atoms with E-state index in [0.29, 0.717) is 31.3 Å². The van der Waals surface area contributed by atoms with E-state index in [1.54, 1.807) is 19.9 Å². The second kappa shape index (κ2) is 26.5. The first-order valence-corrected chi connectivity index (χ1v) is 33.2. The predicted octanol–water partition coefficient (Wildman–Crippen LogP) is 10.8. The number of ketones is 1. The zero-order valence-corrected chi connectivity index (χ0v) is 48.9. The van der Waals surface area contributed by atoms with E-state index in [1.165, 1.54) is 6.08 Å². The number of rotatable bonds is 13. The molecule has 6 rings (SSSR count). The fourth-order valence-corrected chi connectivity index (χ4v) is 13.7. The number of hydrogen-bond donors (Lipinski definition) is 0. The number of fused-ring (bicyclic) bond motifs is 5. The minimum Gasteiger partial charge on any atom is -0.463 e. The fourth-order valence-electron chi connectivity index (χ4n) is 9.73. The lowest BCUT2D eigenvalue weighted by Gasteiger charge is -2.50. The summed E-state index contributed by atoms with van der Waals surface area (Å²) < 4.78 is 67.8. The molecule has 0 aliphatic carbocycles. The van der Waals surface area contributed by atoms with E-state index in [4.69, 9.17) is 47.1 Å². The van der Waals surface area contributed by atoms with Crippen molar-refractivity contribution in [3.8, 4) is 0 Å². The molecule has 2 aromatic carbocycles. The van der Waals surface area contributed by atoms with Gasteiger partial charge in [-0.05, 0) is 89.2 Å². The molecule has 4 aliphatic rings. The summed E-state index contributed by atoms with van der Waals surface area (Å²) in [6.45, 7) is 25.4. The minimum atomic E-state index is -2.90. The van der Waals surface area contributed by atoms with Gasteiger partial charge in [0.1, 0.15) is 51.0 Å². The lowest BCUT2D eigenvalue weighted by atomic mass is 9.96. The highest BCUT2D eigenvalue weighted by atomic mass is 28.4. The first-order valence-electron chi connectivity index (χ1n) is 27.3. The van der Waals surface area contributed by atoms with Crippen molar-refractivity contribution in [1.82, 2.24) is 0 Å². The maximum atomic E-state index is 15.0. The Hall–Kier alpha value is -4.11. The first kappa shape index (κ1) is 60.1. The first-order chi connectivity index (χ1) is 35.4. The van der Waals surface area contributed by atoms with Crippen molar-refractivity contribution in [2.45, 2.75) is 231 Å². The third kappa shape index (κ3) is 16.0. The van der Waals surface area contributed by atoms with Gasteiger partial charge in [-0.25, -0.2) is 9.59 Å². The smallest absolute Gasteiger partial charge is 0.333 e. The van der Waals surface area contributed by atoms with E-state index in [-0.39, 0.29) is 24.7 Å². The maximum absolute atomic E-state index is 15.0. The molecule has 3 fully saturated rings. The van der Waals surface area contributed by atoms with Crippen LogP contribution in [0.2, 0.25) is 31.2 Å². The standard InChI is InChI=1S/C59H86O14Si2/c1-14-16-21-31-43-32-25-18-17-24-30-42(60)35-36-47(61)64-38-45-50(68-48(62)37-46(41-28-22-19-23-29-41)74(10,11)44-33-26-20-27-34-44)51(69-55(63)39(3)15-2)54(73-75(12,13)58(5,6)7)57(67-45)70-53-52-49(71-59(8,9)72-52)40(4)65-56(53)66-43/h15,18-20,22-23,25-29,33-34,37,40,43,45,49-54,56-57H,14,16-17,21,24,30-32,35-36,38H2,1-13H3/b25-18+,39-15+,46-37-/t40-,43+,45-,49+,50-,51+,52+,53-,54-,56+,57+/m1/s1. The Labute approximate surface area is 448 Å². The Morgan fingerprint density at radius 2 is 1.47 bits per heavy atom. The zero-order valence-electron chi connectivity index (χ0n) is 46.9. The molecule has 2 bridgehead atoms. The van der Waals surface area contributed by atoms with Gasteiger partial charge in [-0.3, -0.25) is 9.59 Å². The monoisotopic (exact) mass is 1070 g/mol. The number of benzene rings is 2. The highest BCUT2D eigenvalue weighted by molar-refractivity contribution is 7.04. The molecule has 3 saturated heterocycles. The van der Waals surface area contributed by atoms with Crippen LogP contribution in [0.25, 0.3) is 5.20 Å². The van der Waals surface area contributed by atoms with Crippen LogP contribution in [-0.2, 0) is 66.2 Å². The Kier molecular flexibility index (Phi) is 21.2. The second-order valence-electron chi connectivity index (χ2n) is 23.0. The summed E-state index contributed by atoms with van der Waals surface area (Å²) in [6, 6.07) is 19.8. The molecule has 0 radical (unpaired) electrons. The van der Waals surface area contributed by atoms with Crippen molar-refractivity contribution in [3.05, 3.63) is 96.1 Å². The molecule has 0 saturated carbocycles. The van der Waals surface area contributed by atoms with Gasteiger partial charge < -0.3 is 47.1 Å². The van der Waals surface area contributed by atoms with Gasteiger partial charge in [0.05, 0.1) is 18.6 Å². The fraction of sp³-hybridized carbons (Fsp3) is 0.627. The van der Waals surface area contributed by atoms with Gasteiger partial charge in [-0.15, -0.1) is 0 Å². The number of Topliss-reactive ketones (excluding diaryl/α,β-unsaturated/α-hetero) is 1. The molecule has 4 aliphatic heterocycles. The molecule has 0 amide bonds. The van der Waals surface area contributed by atoms with Gasteiger partial charge in [-0.2, -0.15) is 0 Å². The lowest BCUT2D eigenvalue weighted by molar-refractivity contribution is -0.360. The van der Waals surface area contributed by atoms with Crippen molar-refractivity contribution in [3.63, 3.8) is 0 Å². The van der Waals surface area contributed by atoms with Crippen LogP contribution < -0.4 is 5.19 Å². The van der Waals surface area contributed by atoms with Crippen LogP contribution in [0, 0.1) is 0 Å². The summed E-state index contributed by atoms with van der Waals surface area (Å²) in [4.78, 5) is 56.1. The van der Waals surface area contributed by atoms with Crippen molar-refractivity contribution in [2.75, 3.05) is 6.61 Å². The molecule has 0 N–H and O–H groups in total. The average Bonchev–Trinajstić information content (AvgIpc) is 3.70. The summed E-state index contributed by atoms with van der Waals surface area (Å²) in [6.07, 6.45) is 2.25. The van der Waals surface area contributed by atoms with Gasteiger partial charge in [0.15, 0.2) is 38.9 Å². The molecule has 11 atom stereocenters. The molecule has 4 heterocycles. The van der Waals surface area contributed by atoms with E-state index in [2.05, 4.69) is 78.2 Å². The van der Waals surface area contributed by atoms with E-state index >= 15 is 4.79 Å². The Morgan fingerprint density at radius 3 is 2.13 bits per heavy atom. The van der Waals surface area contributed by atoms with Crippen molar-refractivity contribution in [1.29, 1.82) is 0 Å². The van der Waals surface area contributed by atoms with Gasteiger partial charge in [0, 0.05) is 24.5 Å². The van der Waals surface area contributed by atoms with Crippen LogP contribution >= 0.6 is 0 Å². The van der Waals surface area contributed by atoms with Gasteiger partial charge in [0.25, 0.3) is 0 Å². The molecular formula is C59H86O14Si2.